The highest BCUT2D eigenvalue weighted by atomic mass is 35.5. The summed E-state index contributed by atoms with van der Waals surface area (Å²) in [6, 6.07) is 1.59. The number of hydrogen-bond donors (Lipinski definition) is 1. The lowest BCUT2D eigenvalue weighted by Gasteiger charge is -2.35. The predicted molar refractivity (Wildman–Crippen MR) is 83.2 cm³/mol. The number of piperazine rings is 1. The molecular formula is C14H21ClN4O3. The van der Waals surface area contributed by atoms with Crippen LogP contribution in [0.4, 0.5) is 5.69 Å². The van der Waals surface area contributed by atoms with Gasteiger partial charge in [-0.15, -0.1) is 10.2 Å². The summed E-state index contributed by atoms with van der Waals surface area (Å²) in [6.07, 6.45) is 0. The van der Waals surface area contributed by atoms with Crippen LogP contribution >= 0.6 is 11.6 Å². The number of esters is 1. The number of aromatic nitrogens is 2. The second-order valence-corrected chi connectivity index (χ2v) is 6.61. The minimum Gasteiger partial charge on any atom is -0.491 e. The van der Waals surface area contributed by atoms with Crippen molar-refractivity contribution in [3.63, 3.8) is 0 Å². The fourth-order valence-corrected chi connectivity index (χ4v) is 2.43. The minimum absolute atomic E-state index is 0.134. The number of carbonyl (C=O) groups is 1. The number of aromatic hydroxyl groups is 1. The van der Waals surface area contributed by atoms with Gasteiger partial charge >= 0.3 is 5.97 Å². The Hall–Kier alpha value is -1.60. The van der Waals surface area contributed by atoms with Crippen molar-refractivity contribution in [2.24, 2.45) is 0 Å². The van der Waals surface area contributed by atoms with Crippen molar-refractivity contribution >= 4 is 23.3 Å². The maximum Gasteiger partial charge on any atom is 0.320 e. The van der Waals surface area contributed by atoms with Gasteiger partial charge in [-0.3, -0.25) is 9.69 Å². The normalized spacial score (nSPS) is 16.6. The molecule has 0 radical (unpaired) electrons. The zero-order chi connectivity index (χ0) is 16.3. The van der Waals surface area contributed by atoms with Crippen LogP contribution < -0.4 is 4.90 Å². The second kappa shape index (κ2) is 6.66. The minimum atomic E-state index is -0.468. The first-order valence-corrected chi connectivity index (χ1v) is 7.54. The Kier molecular flexibility index (Phi) is 5.08. The molecule has 1 N–H and O–H groups in total. The molecule has 0 amide bonds. The first-order chi connectivity index (χ1) is 10.2. The Morgan fingerprint density at radius 2 is 1.95 bits per heavy atom. The molecule has 1 fully saturated rings. The van der Waals surface area contributed by atoms with E-state index in [2.05, 4.69) is 10.2 Å². The van der Waals surface area contributed by atoms with Crippen LogP contribution in [0.5, 0.6) is 5.88 Å². The SMILES string of the molecule is CC(C)(C)OC(=O)CN1CCN(c2cc(Cl)nnc2O)CC1. The number of rotatable bonds is 3. The molecule has 1 aliphatic heterocycles. The third kappa shape index (κ3) is 4.71. The number of halogens is 1. The quantitative estimate of drug-likeness (QED) is 0.838. The monoisotopic (exact) mass is 328 g/mol. The first kappa shape index (κ1) is 16.8. The summed E-state index contributed by atoms with van der Waals surface area (Å²) in [5.41, 5.74) is 0.0985. The number of hydrogen-bond acceptors (Lipinski definition) is 7. The van der Waals surface area contributed by atoms with Crippen LogP contribution in [-0.2, 0) is 9.53 Å². The van der Waals surface area contributed by atoms with Gasteiger partial charge in [0.05, 0.1) is 6.54 Å². The van der Waals surface area contributed by atoms with E-state index in [-0.39, 0.29) is 23.5 Å². The zero-order valence-electron chi connectivity index (χ0n) is 13.0. The first-order valence-electron chi connectivity index (χ1n) is 7.16. The van der Waals surface area contributed by atoms with Crippen LogP contribution in [0.25, 0.3) is 0 Å². The summed E-state index contributed by atoms with van der Waals surface area (Å²) >= 11 is 5.81. The third-order valence-electron chi connectivity index (χ3n) is 3.21. The molecule has 0 saturated carbocycles. The second-order valence-electron chi connectivity index (χ2n) is 6.23. The molecule has 7 nitrogen and oxygen atoms in total. The summed E-state index contributed by atoms with van der Waals surface area (Å²) in [5, 5.41) is 17.2. The van der Waals surface area contributed by atoms with Crippen molar-refractivity contribution in [3.05, 3.63) is 11.2 Å². The van der Waals surface area contributed by atoms with E-state index in [0.717, 1.165) is 0 Å². The van der Waals surface area contributed by atoms with Crippen molar-refractivity contribution in [3.8, 4) is 5.88 Å². The average molecular weight is 329 g/mol. The zero-order valence-corrected chi connectivity index (χ0v) is 13.8. The van der Waals surface area contributed by atoms with Crippen molar-refractivity contribution < 1.29 is 14.6 Å². The molecule has 1 saturated heterocycles. The highest BCUT2D eigenvalue weighted by Crippen LogP contribution is 2.27. The van der Waals surface area contributed by atoms with Crippen LogP contribution in [0, 0.1) is 0 Å². The van der Waals surface area contributed by atoms with Gasteiger partial charge in [0.15, 0.2) is 5.15 Å². The van der Waals surface area contributed by atoms with E-state index in [9.17, 15) is 9.90 Å². The molecule has 0 unspecified atom stereocenters. The summed E-state index contributed by atoms with van der Waals surface area (Å²) in [6.45, 7) is 8.55. The molecule has 0 aromatic carbocycles. The van der Waals surface area contributed by atoms with E-state index in [4.69, 9.17) is 16.3 Å². The molecule has 0 bridgehead atoms. The summed E-state index contributed by atoms with van der Waals surface area (Å²) in [4.78, 5) is 15.8. The van der Waals surface area contributed by atoms with Gasteiger partial charge in [0, 0.05) is 32.2 Å². The number of nitrogens with zero attached hydrogens (tertiary/aromatic N) is 4. The predicted octanol–water partition coefficient (Wildman–Crippen LogP) is 1.30. The van der Waals surface area contributed by atoms with E-state index in [1.165, 1.54) is 0 Å². The van der Waals surface area contributed by atoms with Gasteiger partial charge in [0.1, 0.15) is 11.3 Å². The molecule has 2 rings (SSSR count). The topological polar surface area (TPSA) is 78.8 Å². The lowest BCUT2D eigenvalue weighted by Crippen LogP contribution is -2.48. The molecule has 0 atom stereocenters. The van der Waals surface area contributed by atoms with E-state index in [1.807, 2.05) is 30.6 Å². The van der Waals surface area contributed by atoms with Gasteiger partial charge in [0.25, 0.3) is 5.88 Å². The molecule has 2 heterocycles. The molecule has 0 spiro atoms. The van der Waals surface area contributed by atoms with Crippen LogP contribution in [0.3, 0.4) is 0 Å². The Morgan fingerprint density at radius 1 is 1.32 bits per heavy atom. The Labute approximate surface area is 134 Å². The van der Waals surface area contributed by atoms with Crippen molar-refractivity contribution in [1.29, 1.82) is 0 Å². The van der Waals surface area contributed by atoms with Gasteiger partial charge in [-0.25, -0.2) is 0 Å². The number of anilines is 1. The number of ether oxygens (including phenoxy) is 1. The standard InChI is InChI=1S/C14H21ClN4O3/c1-14(2,3)22-12(20)9-18-4-6-19(7-5-18)10-8-11(15)16-17-13(10)21/h8H,4-7,9H2,1-3H3,(H,17,21). The highest BCUT2D eigenvalue weighted by molar-refractivity contribution is 6.29. The average Bonchev–Trinajstić information content (AvgIpc) is 2.40. The van der Waals surface area contributed by atoms with Crippen LogP contribution in [0.2, 0.25) is 5.15 Å². The Balaban J connectivity index is 1.88. The Morgan fingerprint density at radius 3 is 2.55 bits per heavy atom. The molecule has 22 heavy (non-hydrogen) atoms. The van der Waals surface area contributed by atoms with Crippen molar-refractivity contribution in [1.82, 2.24) is 15.1 Å². The third-order valence-corrected chi connectivity index (χ3v) is 3.40. The molecule has 0 aliphatic carbocycles. The van der Waals surface area contributed by atoms with Gasteiger partial charge in [-0.2, -0.15) is 0 Å². The summed E-state index contributed by atoms with van der Waals surface area (Å²) in [5.74, 6) is -0.359. The molecule has 1 aromatic heterocycles. The summed E-state index contributed by atoms with van der Waals surface area (Å²) < 4.78 is 5.32. The maximum absolute atomic E-state index is 11.8. The molecule has 1 aromatic rings. The number of carbonyl (C=O) groups excluding carboxylic acids is 1. The summed E-state index contributed by atoms with van der Waals surface area (Å²) in [7, 11) is 0. The van der Waals surface area contributed by atoms with E-state index in [1.54, 1.807) is 6.07 Å². The molecule has 1 aliphatic rings. The molecule has 122 valence electrons. The van der Waals surface area contributed by atoms with Crippen LogP contribution in [0.1, 0.15) is 20.8 Å². The Bertz CT molecular complexity index is 539. The van der Waals surface area contributed by atoms with Crippen molar-refractivity contribution in [2.75, 3.05) is 37.6 Å². The van der Waals surface area contributed by atoms with Gasteiger partial charge in [0.2, 0.25) is 0 Å². The maximum atomic E-state index is 11.8. The van der Waals surface area contributed by atoms with E-state index >= 15 is 0 Å². The smallest absolute Gasteiger partial charge is 0.320 e. The fourth-order valence-electron chi connectivity index (χ4n) is 2.29. The lowest BCUT2D eigenvalue weighted by atomic mass is 10.2. The van der Waals surface area contributed by atoms with Gasteiger partial charge in [-0.1, -0.05) is 11.6 Å². The van der Waals surface area contributed by atoms with Crippen LogP contribution in [0.15, 0.2) is 6.07 Å². The van der Waals surface area contributed by atoms with Crippen molar-refractivity contribution in [2.45, 2.75) is 26.4 Å². The molecular weight excluding hydrogens is 308 g/mol. The fraction of sp³-hybridized carbons (Fsp3) is 0.643. The highest BCUT2D eigenvalue weighted by Gasteiger charge is 2.24. The van der Waals surface area contributed by atoms with Gasteiger partial charge in [-0.05, 0) is 20.8 Å². The molecule has 8 heteroatoms. The largest absolute Gasteiger partial charge is 0.491 e. The lowest BCUT2D eigenvalue weighted by molar-refractivity contribution is -0.156. The van der Waals surface area contributed by atoms with Gasteiger partial charge < -0.3 is 14.7 Å². The van der Waals surface area contributed by atoms with E-state index < -0.39 is 5.60 Å². The van der Waals surface area contributed by atoms with E-state index in [0.29, 0.717) is 31.9 Å². The van der Waals surface area contributed by atoms with Crippen LogP contribution in [-0.4, -0.2) is 64.5 Å².